The fraction of sp³-hybridized carbons (Fsp3) is 0.0278. The molecule has 46 heavy (non-hydrogen) atoms. The Labute approximate surface area is 264 Å². The zero-order valence-electron chi connectivity index (χ0n) is 24.5. The molecule has 0 aliphatic heterocycles. The van der Waals surface area contributed by atoms with Gasteiger partial charge in [-0.2, -0.15) is 5.10 Å². The Morgan fingerprint density at radius 2 is 1.35 bits per heavy atom. The number of hydrazone groups is 1. The molecule has 0 unspecified atom stereocenters. The molecule has 2 N–H and O–H groups in total. The van der Waals surface area contributed by atoms with Crippen LogP contribution in [0.2, 0.25) is 0 Å². The second kappa shape index (κ2) is 14.8. The summed E-state index contributed by atoms with van der Waals surface area (Å²) in [5.74, 6) is -1.43. The molecule has 1 aromatic heterocycles. The van der Waals surface area contributed by atoms with E-state index >= 15 is 0 Å². The van der Waals surface area contributed by atoms with Gasteiger partial charge in [0, 0.05) is 28.5 Å². The number of carbonyl (C=O) groups is 4. The number of hydrogen-bond donors (Lipinski definition) is 2. The van der Waals surface area contributed by atoms with Gasteiger partial charge in [0.25, 0.3) is 11.8 Å². The van der Waals surface area contributed by atoms with E-state index in [4.69, 9.17) is 13.9 Å². The molecular weight excluding hydrogens is 586 g/mol. The zero-order valence-corrected chi connectivity index (χ0v) is 24.5. The van der Waals surface area contributed by atoms with Crippen molar-refractivity contribution in [3.05, 3.63) is 155 Å². The van der Waals surface area contributed by atoms with Crippen molar-refractivity contribution in [1.29, 1.82) is 0 Å². The first-order valence-electron chi connectivity index (χ1n) is 14.0. The largest absolute Gasteiger partial charge is 0.459 e. The molecule has 0 bridgehead atoms. The van der Waals surface area contributed by atoms with E-state index in [2.05, 4.69) is 15.8 Å². The van der Waals surface area contributed by atoms with Crippen LogP contribution in [0.4, 0.5) is 5.69 Å². The molecule has 5 rings (SSSR count). The summed E-state index contributed by atoms with van der Waals surface area (Å²) in [4.78, 5) is 50.0. The number of amides is 2. The maximum atomic E-state index is 12.7. The molecule has 0 saturated heterocycles. The lowest BCUT2D eigenvalue weighted by molar-refractivity contribution is -0.128. The van der Waals surface area contributed by atoms with Crippen LogP contribution in [-0.4, -0.2) is 30.0 Å². The number of hydrogen-bond acceptors (Lipinski definition) is 8. The SMILES string of the molecule is Cc1ccc(C(=O)Oc2ccccc2/C=C/C(=O)Oc2ccccc2/C=N/NC(=O)c2ccc(NC(=O)c3ccco3)cc2)cc1. The minimum atomic E-state index is -0.677. The van der Waals surface area contributed by atoms with Crippen LogP contribution in [0.1, 0.15) is 48.0 Å². The first kappa shape index (κ1) is 30.9. The van der Waals surface area contributed by atoms with Crippen LogP contribution < -0.4 is 20.2 Å². The summed E-state index contributed by atoms with van der Waals surface area (Å²) in [7, 11) is 0. The van der Waals surface area contributed by atoms with Crippen molar-refractivity contribution in [3.63, 3.8) is 0 Å². The van der Waals surface area contributed by atoms with Gasteiger partial charge in [-0.3, -0.25) is 9.59 Å². The van der Waals surface area contributed by atoms with Crippen molar-refractivity contribution in [2.75, 3.05) is 5.32 Å². The first-order valence-corrected chi connectivity index (χ1v) is 14.0. The van der Waals surface area contributed by atoms with Crippen LogP contribution in [0.3, 0.4) is 0 Å². The maximum Gasteiger partial charge on any atom is 0.343 e. The number of esters is 2. The van der Waals surface area contributed by atoms with Crippen molar-refractivity contribution < 1.29 is 33.1 Å². The van der Waals surface area contributed by atoms with E-state index in [-0.39, 0.29) is 17.3 Å². The van der Waals surface area contributed by atoms with E-state index in [1.54, 1.807) is 84.9 Å². The molecule has 0 fully saturated rings. The van der Waals surface area contributed by atoms with Crippen LogP contribution in [0, 0.1) is 6.92 Å². The topological polar surface area (TPSA) is 136 Å². The molecule has 4 aromatic carbocycles. The number of carbonyl (C=O) groups excluding carboxylic acids is 4. The van der Waals surface area contributed by atoms with Gasteiger partial charge < -0.3 is 19.2 Å². The van der Waals surface area contributed by atoms with Gasteiger partial charge in [0.15, 0.2) is 5.76 Å². The zero-order chi connectivity index (χ0) is 32.3. The van der Waals surface area contributed by atoms with Gasteiger partial charge in [-0.1, -0.05) is 48.0 Å². The predicted octanol–water partition coefficient (Wildman–Crippen LogP) is 6.44. The van der Waals surface area contributed by atoms with Gasteiger partial charge in [-0.25, -0.2) is 15.0 Å². The van der Waals surface area contributed by atoms with Gasteiger partial charge in [-0.05, 0) is 79.7 Å². The molecule has 0 atom stereocenters. The number of rotatable bonds is 10. The monoisotopic (exact) mass is 613 g/mol. The summed E-state index contributed by atoms with van der Waals surface area (Å²) in [6.45, 7) is 1.93. The van der Waals surface area contributed by atoms with Crippen LogP contribution >= 0.6 is 0 Å². The Morgan fingerprint density at radius 1 is 0.696 bits per heavy atom. The second-order valence-electron chi connectivity index (χ2n) is 9.79. The Balaban J connectivity index is 1.17. The lowest BCUT2D eigenvalue weighted by Crippen LogP contribution is -2.18. The third-order valence-electron chi connectivity index (χ3n) is 6.46. The average Bonchev–Trinajstić information content (AvgIpc) is 3.61. The summed E-state index contributed by atoms with van der Waals surface area (Å²) in [6.07, 6.45) is 5.46. The molecule has 10 heteroatoms. The van der Waals surface area contributed by atoms with Gasteiger partial charge in [-0.15, -0.1) is 0 Å². The van der Waals surface area contributed by atoms with Gasteiger partial charge in [0.1, 0.15) is 11.5 Å². The molecular formula is C36H27N3O7. The molecule has 0 saturated carbocycles. The Bertz CT molecular complexity index is 1910. The van der Waals surface area contributed by atoms with Crippen molar-refractivity contribution in [2.45, 2.75) is 6.92 Å². The molecule has 5 aromatic rings. The quantitative estimate of drug-likeness (QED) is 0.0608. The van der Waals surface area contributed by atoms with E-state index < -0.39 is 23.8 Å². The first-order chi connectivity index (χ1) is 22.4. The highest BCUT2D eigenvalue weighted by atomic mass is 16.5. The summed E-state index contributed by atoms with van der Waals surface area (Å²) in [6, 6.07) is 29.9. The van der Waals surface area contributed by atoms with Crippen molar-refractivity contribution in [2.24, 2.45) is 5.10 Å². The molecule has 0 aliphatic carbocycles. The number of furan rings is 1. The predicted molar refractivity (Wildman–Crippen MR) is 172 cm³/mol. The van der Waals surface area contributed by atoms with E-state index in [9.17, 15) is 19.2 Å². The third kappa shape index (κ3) is 8.29. The molecule has 1 heterocycles. The number of ether oxygens (including phenoxy) is 2. The number of anilines is 1. The normalized spacial score (nSPS) is 10.9. The number of aryl methyl sites for hydroxylation is 1. The average molecular weight is 614 g/mol. The minimum absolute atomic E-state index is 0.167. The standard InChI is InChI=1S/C36H27N3O7/c1-24-12-14-27(15-13-24)36(43)46-30-9-4-2-7-25(30)18-21-33(40)45-31-10-5-3-8-28(31)23-37-39-34(41)26-16-19-29(20-17-26)38-35(42)32-11-6-22-44-32/h2-23H,1H3,(H,38,42)(H,39,41)/b21-18+,37-23+. The van der Waals surface area contributed by atoms with Crippen molar-refractivity contribution in [1.82, 2.24) is 5.43 Å². The molecule has 228 valence electrons. The fourth-order valence-corrected chi connectivity index (χ4v) is 4.07. The van der Waals surface area contributed by atoms with Crippen LogP contribution in [0.15, 0.2) is 131 Å². The van der Waals surface area contributed by atoms with Gasteiger partial charge in [0.2, 0.25) is 0 Å². The van der Waals surface area contributed by atoms with Crippen LogP contribution in [0.5, 0.6) is 11.5 Å². The molecule has 0 radical (unpaired) electrons. The van der Waals surface area contributed by atoms with E-state index in [0.29, 0.717) is 27.9 Å². The number of nitrogens with zero attached hydrogens (tertiary/aromatic N) is 1. The molecule has 0 spiro atoms. The highest BCUT2D eigenvalue weighted by molar-refractivity contribution is 6.02. The van der Waals surface area contributed by atoms with Crippen molar-refractivity contribution in [3.8, 4) is 11.5 Å². The molecule has 2 amide bonds. The number of benzene rings is 4. The van der Waals surface area contributed by atoms with E-state index in [1.165, 1.54) is 36.8 Å². The van der Waals surface area contributed by atoms with Crippen LogP contribution in [-0.2, 0) is 4.79 Å². The van der Waals surface area contributed by atoms with E-state index in [0.717, 1.165) is 5.56 Å². The smallest absolute Gasteiger partial charge is 0.343 e. The number of para-hydroxylation sites is 2. The van der Waals surface area contributed by atoms with Crippen molar-refractivity contribution >= 4 is 41.7 Å². The second-order valence-corrected chi connectivity index (χ2v) is 9.79. The lowest BCUT2D eigenvalue weighted by atomic mass is 10.1. The summed E-state index contributed by atoms with van der Waals surface area (Å²) < 4.78 is 16.1. The Hall–Kier alpha value is -6.55. The fourth-order valence-electron chi connectivity index (χ4n) is 4.07. The third-order valence-corrected chi connectivity index (χ3v) is 6.46. The number of nitrogens with one attached hydrogen (secondary N) is 2. The Kier molecular flexibility index (Phi) is 9.91. The van der Waals surface area contributed by atoms with Crippen LogP contribution in [0.25, 0.3) is 6.08 Å². The molecule has 10 nitrogen and oxygen atoms in total. The lowest BCUT2D eigenvalue weighted by Gasteiger charge is -2.08. The highest BCUT2D eigenvalue weighted by Gasteiger charge is 2.12. The summed E-state index contributed by atoms with van der Waals surface area (Å²) in [5, 5.41) is 6.66. The van der Waals surface area contributed by atoms with Gasteiger partial charge in [0.05, 0.1) is 18.0 Å². The summed E-state index contributed by atoms with van der Waals surface area (Å²) in [5.41, 5.74) is 5.59. The summed E-state index contributed by atoms with van der Waals surface area (Å²) >= 11 is 0. The molecule has 0 aliphatic rings. The maximum absolute atomic E-state index is 12.7. The minimum Gasteiger partial charge on any atom is -0.459 e. The van der Waals surface area contributed by atoms with Gasteiger partial charge >= 0.3 is 11.9 Å². The Morgan fingerprint density at radius 3 is 2.04 bits per heavy atom. The highest BCUT2D eigenvalue weighted by Crippen LogP contribution is 2.22. The van der Waals surface area contributed by atoms with E-state index in [1.807, 2.05) is 19.1 Å².